The standard InChI is InChI=1S/C36H37N7O4/c1-36(46)23-12-19(6-10-25(23)40-35(36)45)24-9-7-20-14-28(42(32(20)38-24)16-18-4-5-18)33-39-26-13-22(15-29(47-3)31(26)41(33)2)34(44)43-17-21-8-11-27(43)30(21)37/h6-7,9-10,12-15,18,21,27,30,46H,4-5,8,11,16-17,37H2,1-3H3,(H,40,45). The minimum absolute atomic E-state index is 0.0205. The van der Waals surface area contributed by atoms with Gasteiger partial charge in [-0.05, 0) is 86.9 Å². The lowest BCUT2D eigenvalue weighted by Crippen LogP contribution is -2.41. The van der Waals surface area contributed by atoms with Gasteiger partial charge in [0, 0.05) is 60.0 Å². The van der Waals surface area contributed by atoms with Crippen LogP contribution in [0.1, 0.15) is 48.5 Å². The highest BCUT2D eigenvalue weighted by Crippen LogP contribution is 2.41. The molecule has 9 rings (SSSR count). The number of nitrogens with one attached hydrogen (secondary N) is 1. The molecule has 240 valence electrons. The first-order chi connectivity index (χ1) is 22.6. The average molecular weight is 632 g/mol. The third kappa shape index (κ3) is 4.19. The zero-order valence-electron chi connectivity index (χ0n) is 26.7. The van der Waals surface area contributed by atoms with E-state index in [1.807, 2.05) is 52.9 Å². The summed E-state index contributed by atoms with van der Waals surface area (Å²) in [4.78, 5) is 38.3. The first-order valence-electron chi connectivity index (χ1n) is 16.4. The fourth-order valence-corrected chi connectivity index (χ4v) is 8.07. The van der Waals surface area contributed by atoms with E-state index < -0.39 is 11.5 Å². The number of carbonyl (C=O) groups is 2. The topological polar surface area (TPSA) is 141 Å². The van der Waals surface area contributed by atoms with E-state index in [4.69, 9.17) is 20.4 Å². The number of fused-ring (bicyclic) bond motifs is 5. The molecule has 2 amide bonds. The van der Waals surface area contributed by atoms with Gasteiger partial charge >= 0.3 is 0 Å². The van der Waals surface area contributed by atoms with E-state index in [0.29, 0.717) is 46.5 Å². The summed E-state index contributed by atoms with van der Waals surface area (Å²) in [5, 5.41) is 14.6. The summed E-state index contributed by atoms with van der Waals surface area (Å²) in [6.45, 7) is 3.03. The van der Waals surface area contributed by atoms with Crippen molar-refractivity contribution in [3.63, 3.8) is 0 Å². The smallest absolute Gasteiger partial charge is 0.260 e. The maximum Gasteiger partial charge on any atom is 0.260 e. The van der Waals surface area contributed by atoms with Crippen molar-refractivity contribution in [2.45, 2.75) is 56.8 Å². The molecule has 3 aromatic heterocycles. The van der Waals surface area contributed by atoms with Crippen molar-refractivity contribution in [1.29, 1.82) is 0 Å². The zero-order chi connectivity index (χ0) is 32.4. The van der Waals surface area contributed by atoms with Gasteiger partial charge in [-0.25, -0.2) is 9.97 Å². The van der Waals surface area contributed by atoms with Crippen molar-refractivity contribution < 1.29 is 19.4 Å². The van der Waals surface area contributed by atoms with E-state index in [2.05, 4.69) is 22.0 Å². The number of nitrogens with two attached hydrogens (primary N) is 1. The molecule has 0 spiro atoms. The number of piperidine rings is 1. The summed E-state index contributed by atoms with van der Waals surface area (Å²) in [7, 11) is 3.61. The van der Waals surface area contributed by atoms with Gasteiger partial charge in [-0.1, -0.05) is 6.07 Å². The molecule has 11 heteroatoms. The van der Waals surface area contributed by atoms with Crippen LogP contribution in [0, 0.1) is 11.8 Å². The molecule has 4 unspecified atom stereocenters. The van der Waals surface area contributed by atoms with Gasteiger partial charge in [0.2, 0.25) is 0 Å². The van der Waals surface area contributed by atoms with Gasteiger partial charge in [0.1, 0.15) is 16.9 Å². The van der Waals surface area contributed by atoms with Gasteiger partial charge in [0.25, 0.3) is 11.8 Å². The highest BCUT2D eigenvalue weighted by atomic mass is 16.5. The second kappa shape index (κ2) is 9.88. The largest absolute Gasteiger partial charge is 0.494 e. The third-order valence-corrected chi connectivity index (χ3v) is 11.0. The number of aromatic nitrogens is 4. The van der Waals surface area contributed by atoms with E-state index >= 15 is 0 Å². The summed E-state index contributed by atoms with van der Waals surface area (Å²) in [5.41, 5.74) is 11.4. The van der Waals surface area contributed by atoms with Crippen molar-refractivity contribution in [1.82, 2.24) is 24.0 Å². The maximum atomic E-state index is 13.8. The Balaban J connectivity index is 1.14. The number of likely N-dealkylation sites (tertiary alicyclic amines) is 1. The molecule has 2 aliphatic heterocycles. The second-order valence-electron chi connectivity index (χ2n) is 14.0. The van der Waals surface area contributed by atoms with Crippen LogP contribution in [0.3, 0.4) is 0 Å². The maximum absolute atomic E-state index is 13.8. The molecule has 2 aliphatic carbocycles. The molecular weight excluding hydrogens is 594 g/mol. The summed E-state index contributed by atoms with van der Waals surface area (Å²) in [6, 6.07) is 15.6. The van der Waals surface area contributed by atoms with Crippen LogP contribution < -0.4 is 15.8 Å². The minimum Gasteiger partial charge on any atom is -0.494 e. The molecule has 4 aliphatic rings. The Morgan fingerprint density at radius 2 is 1.94 bits per heavy atom. The Hall–Kier alpha value is -4.74. The molecule has 5 heterocycles. The molecule has 47 heavy (non-hydrogen) atoms. The predicted octanol–water partition coefficient (Wildman–Crippen LogP) is 4.40. The van der Waals surface area contributed by atoms with Crippen molar-refractivity contribution >= 4 is 39.6 Å². The van der Waals surface area contributed by atoms with E-state index in [1.165, 1.54) is 19.8 Å². The Morgan fingerprint density at radius 1 is 1.11 bits per heavy atom. The molecule has 5 aromatic rings. The highest BCUT2D eigenvalue weighted by Gasteiger charge is 2.47. The fraction of sp³-hybridized carbons (Fsp3) is 0.389. The number of benzene rings is 2. The lowest BCUT2D eigenvalue weighted by molar-refractivity contribution is -0.131. The summed E-state index contributed by atoms with van der Waals surface area (Å²) >= 11 is 0. The first-order valence-corrected chi connectivity index (χ1v) is 16.4. The van der Waals surface area contributed by atoms with Crippen molar-refractivity contribution in [2.24, 2.45) is 24.6 Å². The molecule has 2 bridgehead atoms. The molecule has 0 radical (unpaired) electrons. The minimum atomic E-state index is -1.60. The van der Waals surface area contributed by atoms with Crippen LogP contribution in [-0.4, -0.2) is 66.7 Å². The number of ether oxygens (including phenoxy) is 1. The SMILES string of the molecule is COc1cc(C(=O)N2CC3CCC2C3N)cc2nc(-c3cc4ccc(-c5ccc6c(c5)C(C)(O)C(=O)N6)nc4n3CC3CC3)n(C)c12. The molecule has 2 saturated carbocycles. The van der Waals surface area contributed by atoms with Crippen LogP contribution in [0.25, 0.3) is 44.8 Å². The third-order valence-electron chi connectivity index (χ3n) is 11.0. The van der Waals surface area contributed by atoms with E-state index in [9.17, 15) is 14.7 Å². The van der Waals surface area contributed by atoms with E-state index in [-0.39, 0.29) is 18.0 Å². The predicted molar refractivity (Wildman–Crippen MR) is 178 cm³/mol. The quantitative estimate of drug-likeness (QED) is 0.252. The number of methoxy groups -OCH3 is 1. The lowest BCUT2D eigenvalue weighted by Gasteiger charge is -2.27. The number of anilines is 1. The van der Waals surface area contributed by atoms with Crippen molar-refractivity contribution in [3.05, 3.63) is 59.7 Å². The Bertz CT molecular complexity index is 2160. The number of hydrogen-bond donors (Lipinski definition) is 3. The number of hydrogen-bond acceptors (Lipinski definition) is 7. The number of amides is 2. The summed E-state index contributed by atoms with van der Waals surface area (Å²) in [6.07, 6.45) is 4.38. The molecular formula is C36H37N7O4. The molecule has 2 aromatic carbocycles. The molecule has 4 N–H and O–H groups in total. The fourth-order valence-electron chi connectivity index (χ4n) is 8.07. The van der Waals surface area contributed by atoms with Gasteiger partial charge in [0.05, 0.1) is 24.0 Å². The Kier molecular flexibility index (Phi) is 5.99. The number of carbonyl (C=O) groups excluding carboxylic acids is 2. The van der Waals surface area contributed by atoms with E-state index in [1.54, 1.807) is 7.11 Å². The van der Waals surface area contributed by atoms with Crippen LogP contribution in [0.15, 0.2) is 48.5 Å². The number of aryl methyl sites for hydroxylation is 1. The van der Waals surface area contributed by atoms with Crippen LogP contribution in [0.5, 0.6) is 5.75 Å². The van der Waals surface area contributed by atoms with Gasteiger partial charge < -0.3 is 34.9 Å². The van der Waals surface area contributed by atoms with Gasteiger partial charge in [-0.2, -0.15) is 0 Å². The molecule has 3 fully saturated rings. The number of imidazole rings is 1. The van der Waals surface area contributed by atoms with Crippen LogP contribution in [-0.2, 0) is 24.0 Å². The Morgan fingerprint density at radius 3 is 2.66 bits per heavy atom. The normalized spacial score (nSPS) is 24.8. The second-order valence-corrected chi connectivity index (χ2v) is 14.0. The average Bonchev–Trinajstić information content (AvgIpc) is 3.33. The lowest BCUT2D eigenvalue weighted by atomic mass is 9.95. The first kappa shape index (κ1) is 28.5. The van der Waals surface area contributed by atoms with Crippen LogP contribution in [0.2, 0.25) is 0 Å². The van der Waals surface area contributed by atoms with Crippen LogP contribution in [0.4, 0.5) is 5.69 Å². The molecule has 4 atom stereocenters. The summed E-state index contributed by atoms with van der Waals surface area (Å²) in [5.74, 6) is 1.86. The van der Waals surface area contributed by atoms with Crippen molar-refractivity contribution in [2.75, 3.05) is 19.0 Å². The molecule has 1 saturated heterocycles. The summed E-state index contributed by atoms with van der Waals surface area (Å²) < 4.78 is 10.2. The Labute approximate surface area is 271 Å². The number of rotatable bonds is 6. The van der Waals surface area contributed by atoms with Gasteiger partial charge in [-0.3, -0.25) is 9.59 Å². The highest BCUT2D eigenvalue weighted by molar-refractivity contribution is 6.05. The van der Waals surface area contributed by atoms with Gasteiger partial charge in [0.15, 0.2) is 11.4 Å². The van der Waals surface area contributed by atoms with Crippen molar-refractivity contribution in [3.8, 4) is 28.5 Å². The van der Waals surface area contributed by atoms with E-state index in [0.717, 1.165) is 58.7 Å². The monoisotopic (exact) mass is 631 g/mol. The zero-order valence-corrected chi connectivity index (χ0v) is 26.7. The number of nitrogens with zero attached hydrogens (tertiary/aromatic N) is 5. The molecule has 11 nitrogen and oxygen atoms in total. The number of pyridine rings is 1. The van der Waals surface area contributed by atoms with Gasteiger partial charge in [-0.15, -0.1) is 0 Å². The van der Waals surface area contributed by atoms with Crippen LogP contribution >= 0.6 is 0 Å². The number of aliphatic hydroxyl groups is 1.